The summed E-state index contributed by atoms with van der Waals surface area (Å²) < 4.78 is 0. The van der Waals surface area contributed by atoms with Crippen molar-refractivity contribution >= 4 is 6.71 Å². The average Bonchev–Trinajstić information content (AvgIpc) is 0.811. The van der Waals surface area contributed by atoms with Gasteiger partial charge in [-0.1, -0.05) is 20.5 Å². The first-order chi connectivity index (χ1) is 1.73. The van der Waals surface area contributed by atoms with Gasteiger partial charge in [0.15, 0.2) is 0 Å². The Hall–Kier alpha value is 1.17. The predicted molar refractivity (Wildman–Crippen MR) is 23.3 cm³/mol. The van der Waals surface area contributed by atoms with Crippen molar-refractivity contribution in [1.82, 2.24) is 0 Å². The molecule has 0 heterocycles. The van der Waals surface area contributed by atoms with Crippen molar-refractivity contribution in [2.75, 3.05) is 0 Å². The maximum absolute atomic E-state index is 2.17. The zero-order valence-electron chi connectivity index (χ0n) is 4.15. The van der Waals surface area contributed by atoms with Crippen LogP contribution in [0.4, 0.5) is 0 Å². The molecule has 0 bridgehead atoms. The molecule has 0 saturated carbocycles. The second-order valence-corrected chi connectivity index (χ2v) is 1.73. The quantitative estimate of drug-likeness (QED) is 0.451. The van der Waals surface area contributed by atoms with Crippen molar-refractivity contribution in [3.05, 3.63) is 0 Å². The molecule has 0 aliphatic heterocycles. The minimum absolute atomic E-state index is 0. The number of rotatable bonds is 0. The maximum atomic E-state index is 2.17. The van der Waals surface area contributed by atoms with Crippen molar-refractivity contribution in [3.63, 3.8) is 0 Å². The van der Waals surface area contributed by atoms with Crippen LogP contribution in [0.25, 0.3) is 0 Å². The predicted octanol–water partition coefficient (Wildman–Crippen LogP) is 1.37. The first-order valence-corrected chi connectivity index (χ1v) is 1.73. The molecule has 0 rings (SSSR count). The first-order valence-electron chi connectivity index (χ1n) is 1.73. The molecule has 1 radical (unpaired) electrons. The molecule has 2 heteroatoms. The first kappa shape index (κ1) is 9.48. The van der Waals surface area contributed by atoms with Gasteiger partial charge in [0.2, 0.25) is 0 Å². The van der Waals surface area contributed by atoms with E-state index in [0.29, 0.717) is 0 Å². The van der Waals surface area contributed by atoms with E-state index in [2.05, 4.69) is 20.5 Å². The van der Waals surface area contributed by atoms with E-state index in [1.165, 1.54) is 0 Å². The second kappa shape index (κ2) is 5.17. The molecule has 0 N–H and O–H groups in total. The summed E-state index contributed by atoms with van der Waals surface area (Å²) in [6, 6.07) is 0. The standard InChI is InChI=1S/C3H9B.Y/c1-4(2)3;/h1-3H3;. The number of hydrogen-bond acceptors (Lipinski definition) is 0. The van der Waals surface area contributed by atoms with Gasteiger partial charge >= 0.3 is 0 Å². The third-order valence-electron chi connectivity index (χ3n) is 0. The Morgan fingerprint density at radius 2 is 1.00 bits per heavy atom. The molecule has 0 aliphatic rings. The van der Waals surface area contributed by atoms with Gasteiger partial charge in [0, 0.05) is 32.7 Å². The molecular weight excluding hydrogens is 136 g/mol. The average molecular weight is 145 g/mol. The van der Waals surface area contributed by atoms with Crippen LogP contribution >= 0.6 is 0 Å². The molecule has 0 spiro atoms. The van der Waals surface area contributed by atoms with Crippen molar-refractivity contribution in [2.45, 2.75) is 20.5 Å². The van der Waals surface area contributed by atoms with Crippen LogP contribution in [-0.4, -0.2) is 6.71 Å². The second-order valence-electron chi connectivity index (χ2n) is 1.73. The summed E-state index contributed by atoms with van der Waals surface area (Å²) in [5.74, 6) is 0. The molecule has 0 amide bonds. The monoisotopic (exact) mass is 145 g/mol. The molecule has 0 saturated heterocycles. The van der Waals surface area contributed by atoms with Crippen LogP contribution in [0.2, 0.25) is 20.5 Å². The van der Waals surface area contributed by atoms with Crippen LogP contribution in [0.3, 0.4) is 0 Å². The Morgan fingerprint density at radius 3 is 1.00 bits per heavy atom. The van der Waals surface area contributed by atoms with E-state index in [9.17, 15) is 0 Å². The van der Waals surface area contributed by atoms with E-state index in [1.54, 1.807) is 0 Å². The largest absolute Gasteiger partial charge is 0.130 e. The Morgan fingerprint density at radius 1 is 1.00 bits per heavy atom. The molecule has 0 fully saturated rings. The minimum Gasteiger partial charge on any atom is -0.0865 e. The summed E-state index contributed by atoms with van der Waals surface area (Å²) >= 11 is 0. The zero-order valence-corrected chi connectivity index (χ0v) is 6.99. The molecule has 0 aromatic rings. The van der Waals surface area contributed by atoms with E-state index < -0.39 is 0 Å². The van der Waals surface area contributed by atoms with Gasteiger partial charge in [0.1, 0.15) is 6.71 Å². The van der Waals surface area contributed by atoms with E-state index in [4.69, 9.17) is 0 Å². The zero-order chi connectivity index (χ0) is 3.58. The molecule has 0 nitrogen and oxygen atoms in total. The van der Waals surface area contributed by atoms with Gasteiger partial charge in [-0.2, -0.15) is 0 Å². The Balaban J connectivity index is 0. The summed E-state index contributed by atoms with van der Waals surface area (Å²) in [6.07, 6.45) is 0. The Labute approximate surface area is 59.7 Å². The van der Waals surface area contributed by atoms with Gasteiger partial charge in [-0.05, 0) is 0 Å². The molecule has 0 atom stereocenters. The molecule has 0 aromatic carbocycles. The molecule has 0 aromatic heterocycles. The van der Waals surface area contributed by atoms with Crippen LogP contribution < -0.4 is 0 Å². The van der Waals surface area contributed by atoms with Gasteiger partial charge in [0.25, 0.3) is 0 Å². The molecule has 0 unspecified atom stereocenters. The van der Waals surface area contributed by atoms with Crippen molar-refractivity contribution in [1.29, 1.82) is 0 Å². The molecule has 0 aliphatic carbocycles. The summed E-state index contributed by atoms with van der Waals surface area (Å²) in [6.45, 7) is 7.33. The summed E-state index contributed by atoms with van der Waals surface area (Å²) in [5, 5.41) is 0. The summed E-state index contributed by atoms with van der Waals surface area (Å²) in [7, 11) is 0. The van der Waals surface area contributed by atoms with Crippen molar-refractivity contribution in [2.24, 2.45) is 0 Å². The summed E-state index contributed by atoms with van der Waals surface area (Å²) in [5.41, 5.74) is 0. The topological polar surface area (TPSA) is 0 Å². The third kappa shape index (κ3) is 38.0. The Bertz CT molecular complexity index is 11.6. The van der Waals surface area contributed by atoms with Gasteiger partial charge in [-0.25, -0.2) is 0 Å². The maximum Gasteiger partial charge on any atom is 0.130 e. The molecule has 27 valence electrons. The van der Waals surface area contributed by atoms with E-state index >= 15 is 0 Å². The van der Waals surface area contributed by atoms with Crippen LogP contribution in [0.5, 0.6) is 0 Å². The van der Waals surface area contributed by atoms with E-state index in [-0.39, 0.29) is 32.7 Å². The SMILES string of the molecule is CB(C)C.[Y]. The van der Waals surface area contributed by atoms with Crippen molar-refractivity contribution in [3.8, 4) is 0 Å². The fourth-order valence-electron chi connectivity index (χ4n) is 0. The van der Waals surface area contributed by atoms with Gasteiger partial charge in [0.05, 0.1) is 0 Å². The van der Waals surface area contributed by atoms with E-state index in [0.717, 1.165) is 6.71 Å². The van der Waals surface area contributed by atoms with E-state index in [1.807, 2.05) is 0 Å². The van der Waals surface area contributed by atoms with Gasteiger partial charge in [-0.3, -0.25) is 0 Å². The van der Waals surface area contributed by atoms with Crippen LogP contribution in [0.1, 0.15) is 0 Å². The number of hydrogen-bond donors (Lipinski definition) is 0. The normalized spacial score (nSPS) is 5.40. The van der Waals surface area contributed by atoms with Gasteiger partial charge in [-0.15, -0.1) is 0 Å². The molecular formula is C3H9BY. The van der Waals surface area contributed by atoms with Gasteiger partial charge < -0.3 is 0 Å². The fourth-order valence-corrected chi connectivity index (χ4v) is 0. The minimum atomic E-state index is 0. The van der Waals surface area contributed by atoms with Crippen molar-refractivity contribution < 1.29 is 32.7 Å². The molecule has 5 heavy (non-hydrogen) atoms. The fraction of sp³-hybridized carbons (Fsp3) is 1.00. The Kier molecular flexibility index (Phi) is 9.80. The van der Waals surface area contributed by atoms with Crippen LogP contribution in [-0.2, 0) is 32.7 Å². The third-order valence-corrected chi connectivity index (χ3v) is 0. The van der Waals surface area contributed by atoms with Crippen LogP contribution in [0, 0.1) is 0 Å². The van der Waals surface area contributed by atoms with Crippen LogP contribution in [0.15, 0.2) is 0 Å². The smallest absolute Gasteiger partial charge is 0.0865 e. The summed E-state index contributed by atoms with van der Waals surface area (Å²) in [4.78, 5) is 0.